The number of anilines is 1. The second-order valence-corrected chi connectivity index (χ2v) is 8.24. The third-order valence-corrected chi connectivity index (χ3v) is 5.05. The highest BCUT2D eigenvalue weighted by Crippen LogP contribution is 2.28. The van der Waals surface area contributed by atoms with Gasteiger partial charge in [0.05, 0.1) is 13.7 Å². The molecule has 30 heavy (non-hydrogen) atoms. The third-order valence-electron chi connectivity index (χ3n) is 5.05. The average molecular weight is 402 g/mol. The van der Waals surface area contributed by atoms with Crippen LogP contribution in [0.25, 0.3) is 11.1 Å². The standard InChI is InChI=1S/C26H27NO3/c1-26(2,3)22-14-10-20(11-15-22)21-12-16-23(17-13-21)27(24(28)25(29)30-4)18-19-8-6-5-7-9-19/h5-17H,18H2,1-4H3. The lowest BCUT2D eigenvalue weighted by molar-refractivity contribution is -0.151. The Balaban J connectivity index is 1.88. The Labute approximate surface area is 178 Å². The van der Waals surface area contributed by atoms with Crippen molar-refractivity contribution in [3.05, 3.63) is 90.0 Å². The molecule has 4 heteroatoms. The van der Waals surface area contributed by atoms with E-state index in [1.807, 2.05) is 54.6 Å². The van der Waals surface area contributed by atoms with Crippen LogP contribution in [0.3, 0.4) is 0 Å². The van der Waals surface area contributed by atoms with Crippen molar-refractivity contribution in [2.24, 2.45) is 0 Å². The molecule has 3 rings (SSSR count). The predicted molar refractivity (Wildman–Crippen MR) is 120 cm³/mol. The first-order valence-corrected chi connectivity index (χ1v) is 9.94. The maximum Gasteiger partial charge on any atom is 0.397 e. The van der Waals surface area contributed by atoms with Gasteiger partial charge in [0.25, 0.3) is 0 Å². The quantitative estimate of drug-likeness (QED) is 0.437. The zero-order chi connectivity index (χ0) is 21.7. The summed E-state index contributed by atoms with van der Waals surface area (Å²) in [5.41, 5.74) is 5.10. The number of carbonyl (C=O) groups excluding carboxylic acids is 2. The monoisotopic (exact) mass is 401 g/mol. The minimum atomic E-state index is -0.882. The van der Waals surface area contributed by atoms with E-state index in [2.05, 4.69) is 49.8 Å². The summed E-state index contributed by atoms with van der Waals surface area (Å²) in [6.45, 7) is 6.86. The minimum Gasteiger partial charge on any atom is -0.462 e. The van der Waals surface area contributed by atoms with Crippen molar-refractivity contribution >= 4 is 17.6 Å². The van der Waals surface area contributed by atoms with Crippen LogP contribution in [0.2, 0.25) is 0 Å². The molecule has 3 aromatic carbocycles. The summed E-state index contributed by atoms with van der Waals surface area (Å²) in [7, 11) is 1.21. The van der Waals surface area contributed by atoms with Gasteiger partial charge in [0.1, 0.15) is 0 Å². The minimum absolute atomic E-state index is 0.106. The summed E-state index contributed by atoms with van der Waals surface area (Å²) in [5, 5.41) is 0. The summed E-state index contributed by atoms with van der Waals surface area (Å²) >= 11 is 0. The van der Waals surface area contributed by atoms with Gasteiger partial charge in [0.2, 0.25) is 0 Å². The van der Waals surface area contributed by atoms with Crippen LogP contribution in [0.4, 0.5) is 5.69 Å². The van der Waals surface area contributed by atoms with E-state index in [0.717, 1.165) is 16.7 Å². The average Bonchev–Trinajstić information content (AvgIpc) is 2.77. The molecule has 0 aliphatic heterocycles. The van der Waals surface area contributed by atoms with E-state index in [-0.39, 0.29) is 12.0 Å². The van der Waals surface area contributed by atoms with Crippen LogP contribution in [-0.4, -0.2) is 19.0 Å². The predicted octanol–water partition coefficient (Wildman–Crippen LogP) is 5.36. The number of nitrogens with zero attached hydrogens (tertiary/aromatic N) is 1. The molecule has 0 heterocycles. The van der Waals surface area contributed by atoms with Gasteiger partial charge in [-0.2, -0.15) is 0 Å². The number of esters is 1. The molecule has 0 aliphatic carbocycles. The Bertz CT molecular complexity index is 1000. The number of methoxy groups -OCH3 is 1. The normalized spacial score (nSPS) is 11.1. The smallest absolute Gasteiger partial charge is 0.397 e. The fraction of sp³-hybridized carbons (Fsp3) is 0.231. The molecule has 3 aromatic rings. The van der Waals surface area contributed by atoms with Crippen LogP contribution in [0.5, 0.6) is 0 Å². The van der Waals surface area contributed by atoms with Crippen LogP contribution in [0.15, 0.2) is 78.9 Å². The van der Waals surface area contributed by atoms with Crippen LogP contribution < -0.4 is 4.90 Å². The van der Waals surface area contributed by atoms with E-state index in [1.165, 1.54) is 17.6 Å². The Kier molecular flexibility index (Phi) is 6.36. The third kappa shape index (κ3) is 4.95. The molecule has 0 bridgehead atoms. The Morgan fingerprint density at radius 3 is 1.83 bits per heavy atom. The van der Waals surface area contributed by atoms with Gasteiger partial charge < -0.3 is 4.74 Å². The molecule has 0 aromatic heterocycles. The van der Waals surface area contributed by atoms with E-state index in [4.69, 9.17) is 0 Å². The molecule has 0 N–H and O–H groups in total. The molecule has 0 spiro atoms. The van der Waals surface area contributed by atoms with Gasteiger partial charge in [-0.25, -0.2) is 4.79 Å². The topological polar surface area (TPSA) is 46.6 Å². The highest BCUT2D eigenvalue weighted by atomic mass is 16.5. The lowest BCUT2D eigenvalue weighted by Crippen LogP contribution is -2.36. The highest BCUT2D eigenvalue weighted by Gasteiger charge is 2.24. The van der Waals surface area contributed by atoms with Gasteiger partial charge in [0, 0.05) is 5.69 Å². The number of benzene rings is 3. The number of amides is 1. The molecule has 0 fully saturated rings. The highest BCUT2D eigenvalue weighted by molar-refractivity contribution is 6.38. The molecule has 0 aliphatic rings. The number of carbonyl (C=O) groups is 2. The molecule has 1 amide bonds. The van der Waals surface area contributed by atoms with E-state index in [0.29, 0.717) is 5.69 Å². The van der Waals surface area contributed by atoms with Crippen molar-refractivity contribution in [1.82, 2.24) is 0 Å². The van der Waals surface area contributed by atoms with Crippen LogP contribution in [-0.2, 0) is 26.3 Å². The van der Waals surface area contributed by atoms with Gasteiger partial charge in [-0.15, -0.1) is 0 Å². The van der Waals surface area contributed by atoms with Crippen LogP contribution in [0, 0.1) is 0 Å². The van der Waals surface area contributed by atoms with Gasteiger partial charge in [-0.1, -0.05) is 87.5 Å². The molecule has 154 valence electrons. The van der Waals surface area contributed by atoms with Gasteiger partial charge in [0.15, 0.2) is 0 Å². The Morgan fingerprint density at radius 2 is 1.33 bits per heavy atom. The Hall–Kier alpha value is -3.40. The second-order valence-electron chi connectivity index (χ2n) is 8.24. The molecule has 0 radical (unpaired) electrons. The summed E-state index contributed by atoms with van der Waals surface area (Å²) < 4.78 is 4.65. The van der Waals surface area contributed by atoms with Crippen molar-refractivity contribution in [3.8, 4) is 11.1 Å². The molecule has 0 atom stereocenters. The van der Waals surface area contributed by atoms with Crippen molar-refractivity contribution in [3.63, 3.8) is 0 Å². The fourth-order valence-corrected chi connectivity index (χ4v) is 3.24. The number of hydrogen-bond acceptors (Lipinski definition) is 3. The van der Waals surface area contributed by atoms with E-state index in [1.54, 1.807) is 0 Å². The summed E-state index contributed by atoms with van der Waals surface area (Å²) in [6.07, 6.45) is 0. The SMILES string of the molecule is COC(=O)C(=O)N(Cc1ccccc1)c1ccc(-c2ccc(C(C)(C)C)cc2)cc1. The van der Waals surface area contributed by atoms with Gasteiger partial charge in [-0.3, -0.25) is 9.69 Å². The molecule has 0 saturated carbocycles. The number of hydrogen-bond donors (Lipinski definition) is 0. The van der Waals surface area contributed by atoms with E-state index < -0.39 is 11.9 Å². The molecule has 0 saturated heterocycles. The summed E-state index contributed by atoms with van der Waals surface area (Å²) in [5.74, 6) is -1.57. The summed E-state index contributed by atoms with van der Waals surface area (Å²) in [6, 6.07) is 25.7. The molecule has 0 unspecified atom stereocenters. The van der Waals surface area contributed by atoms with Crippen molar-refractivity contribution < 1.29 is 14.3 Å². The molecule has 4 nitrogen and oxygen atoms in total. The first-order chi connectivity index (χ1) is 14.3. The Morgan fingerprint density at radius 1 is 0.800 bits per heavy atom. The first-order valence-electron chi connectivity index (χ1n) is 9.94. The number of rotatable bonds is 4. The van der Waals surface area contributed by atoms with Crippen molar-refractivity contribution in [2.45, 2.75) is 32.7 Å². The van der Waals surface area contributed by atoms with Crippen molar-refractivity contribution in [2.75, 3.05) is 12.0 Å². The van der Waals surface area contributed by atoms with Gasteiger partial charge >= 0.3 is 11.9 Å². The maximum atomic E-state index is 12.6. The molecular formula is C26H27NO3. The largest absolute Gasteiger partial charge is 0.462 e. The van der Waals surface area contributed by atoms with E-state index in [9.17, 15) is 9.59 Å². The zero-order valence-electron chi connectivity index (χ0n) is 17.9. The second kappa shape index (κ2) is 8.95. The fourth-order valence-electron chi connectivity index (χ4n) is 3.24. The van der Waals surface area contributed by atoms with Gasteiger partial charge in [-0.05, 0) is 39.8 Å². The summed E-state index contributed by atoms with van der Waals surface area (Å²) in [4.78, 5) is 26.0. The van der Waals surface area contributed by atoms with Crippen molar-refractivity contribution in [1.29, 1.82) is 0 Å². The van der Waals surface area contributed by atoms with E-state index >= 15 is 0 Å². The van der Waals surface area contributed by atoms with Crippen LogP contribution >= 0.6 is 0 Å². The maximum absolute atomic E-state index is 12.6. The lowest BCUT2D eigenvalue weighted by Gasteiger charge is -2.22. The van der Waals surface area contributed by atoms with Crippen LogP contribution in [0.1, 0.15) is 31.9 Å². The number of ether oxygens (including phenoxy) is 1. The zero-order valence-corrected chi connectivity index (χ0v) is 17.9. The molecular weight excluding hydrogens is 374 g/mol. The first kappa shape index (κ1) is 21.3. The lowest BCUT2D eigenvalue weighted by atomic mass is 9.86.